The van der Waals surface area contributed by atoms with Gasteiger partial charge in [-0.2, -0.15) is 21.6 Å². The number of benzene rings is 1. The first-order valence-electron chi connectivity index (χ1n) is 7.82. The van der Waals surface area contributed by atoms with E-state index in [0.29, 0.717) is 22.1 Å². The maximum atomic E-state index is 12.6. The molecule has 0 aliphatic carbocycles. The van der Waals surface area contributed by atoms with Gasteiger partial charge < -0.3 is 8.92 Å². The van der Waals surface area contributed by atoms with Crippen molar-refractivity contribution in [1.82, 2.24) is 14.4 Å². The van der Waals surface area contributed by atoms with Crippen LogP contribution in [0.2, 0.25) is 0 Å². The van der Waals surface area contributed by atoms with Gasteiger partial charge in [0, 0.05) is 24.0 Å². The number of methoxy groups -OCH3 is 1. The van der Waals surface area contributed by atoms with Gasteiger partial charge in [0.15, 0.2) is 16.7 Å². The van der Waals surface area contributed by atoms with E-state index in [4.69, 9.17) is 4.74 Å². The van der Waals surface area contributed by atoms with Crippen LogP contribution in [0.1, 0.15) is 6.92 Å². The van der Waals surface area contributed by atoms with E-state index in [1.165, 1.54) is 31.0 Å². The van der Waals surface area contributed by atoms with E-state index in [-0.39, 0.29) is 5.75 Å². The maximum Gasteiger partial charge on any atom is 0.534 e. The predicted molar refractivity (Wildman–Crippen MR) is 97.0 cm³/mol. The molecule has 12 heteroatoms. The molecule has 2 heterocycles. The summed E-state index contributed by atoms with van der Waals surface area (Å²) in [6, 6.07) is 5.53. The first-order chi connectivity index (χ1) is 13.2. The number of fused-ring (bicyclic) bond motifs is 1. The zero-order valence-corrected chi connectivity index (χ0v) is 16.2. The van der Waals surface area contributed by atoms with Gasteiger partial charge in [-0.3, -0.25) is 4.40 Å². The highest BCUT2D eigenvalue weighted by Crippen LogP contribution is 2.36. The summed E-state index contributed by atoms with van der Waals surface area (Å²) < 4.78 is 71.2. The van der Waals surface area contributed by atoms with Crippen molar-refractivity contribution in [2.75, 3.05) is 12.9 Å². The molecule has 0 spiro atoms. The van der Waals surface area contributed by atoms with Crippen molar-refractivity contribution in [3.05, 3.63) is 36.7 Å². The number of alkyl halides is 3. The molecule has 0 aliphatic heterocycles. The Morgan fingerprint density at radius 3 is 2.61 bits per heavy atom. The molecule has 0 bridgehead atoms. The van der Waals surface area contributed by atoms with Crippen LogP contribution in [0.5, 0.6) is 11.5 Å². The van der Waals surface area contributed by atoms with Crippen molar-refractivity contribution >= 4 is 27.5 Å². The van der Waals surface area contributed by atoms with E-state index in [0.717, 1.165) is 11.8 Å². The van der Waals surface area contributed by atoms with E-state index in [2.05, 4.69) is 14.2 Å². The van der Waals surface area contributed by atoms with Crippen LogP contribution in [0.15, 0.2) is 41.8 Å². The molecular weight excluding hydrogens is 419 g/mol. The lowest BCUT2D eigenvalue weighted by atomic mass is 10.1. The van der Waals surface area contributed by atoms with Crippen LogP contribution < -0.4 is 8.92 Å². The number of hydrogen-bond acceptors (Lipinski definition) is 7. The van der Waals surface area contributed by atoms with Crippen molar-refractivity contribution in [1.29, 1.82) is 0 Å². The lowest BCUT2D eigenvalue weighted by Gasteiger charge is -2.13. The van der Waals surface area contributed by atoms with Crippen LogP contribution >= 0.6 is 11.8 Å². The van der Waals surface area contributed by atoms with Gasteiger partial charge in [0.1, 0.15) is 5.65 Å². The minimum absolute atomic E-state index is 0.181. The van der Waals surface area contributed by atoms with Crippen LogP contribution in [0.4, 0.5) is 13.2 Å². The highest BCUT2D eigenvalue weighted by molar-refractivity contribution is 7.99. The molecule has 0 saturated carbocycles. The number of rotatable bonds is 6. The average Bonchev–Trinajstić information content (AvgIpc) is 3.10. The molecule has 0 atom stereocenters. The zero-order valence-electron chi connectivity index (χ0n) is 14.6. The number of nitrogens with zero attached hydrogens (tertiary/aromatic N) is 3. The van der Waals surface area contributed by atoms with E-state index in [9.17, 15) is 21.6 Å². The number of imidazole rings is 1. The second-order valence-electron chi connectivity index (χ2n) is 5.36. The monoisotopic (exact) mass is 433 g/mol. The number of halogens is 3. The van der Waals surface area contributed by atoms with Crippen LogP contribution in [0.3, 0.4) is 0 Å². The third kappa shape index (κ3) is 3.87. The summed E-state index contributed by atoms with van der Waals surface area (Å²) in [5.74, 6) is 0.0171. The predicted octanol–water partition coefficient (Wildman–Crippen LogP) is 3.75. The summed E-state index contributed by atoms with van der Waals surface area (Å²) in [4.78, 5) is 8.78. The van der Waals surface area contributed by atoms with Crippen LogP contribution in [-0.4, -0.2) is 41.2 Å². The van der Waals surface area contributed by atoms with Crippen molar-refractivity contribution in [2.45, 2.75) is 17.6 Å². The highest BCUT2D eigenvalue weighted by atomic mass is 32.2. The van der Waals surface area contributed by atoms with Gasteiger partial charge in [-0.15, -0.1) is 0 Å². The second kappa shape index (κ2) is 7.51. The highest BCUT2D eigenvalue weighted by Gasteiger charge is 2.48. The Labute approximate surface area is 162 Å². The smallest absolute Gasteiger partial charge is 0.493 e. The van der Waals surface area contributed by atoms with Gasteiger partial charge >= 0.3 is 15.6 Å². The molecule has 3 aromatic rings. The summed E-state index contributed by atoms with van der Waals surface area (Å²) in [5.41, 5.74) is -3.91. The topological polar surface area (TPSA) is 82.8 Å². The van der Waals surface area contributed by atoms with E-state index in [1.807, 2.05) is 11.3 Å². The first kappa shape index (κ1) is 20.3. The number of ether oxygens (including phenoxy) is 1. The second-order valence-corrected chi connectivity index (χ2v) is 8.13. The molecule has 0 unspecified atom stereocenters. The average molecular weight is 433 g/mol. The molecule has 0 fully saturated rings. The number of hydrogen-bond donors (Lipinski definition) is 0. The number of aromatic nitrogens is 3. The van der Waals surface area contributed by atoms with E-state index in [1.54, 1.807) is 18.5 Å². The van der Waals surface area contributed by atoms with Gasteiger partial charge in [0.25, 0.3) is 0 Å². The molecule has 0 radical (unpaired) electrons. The molecule has 2 aromatic heterocycles. The fourth-order valence-corrected chi connectivity index (χ4v) is 3.52. The molecular formula is C16H14F3N3O4S2. The molecule has 0 saturated heterocycles. The Kier molecular flexibility index (Phi) is 5.44. The van der Waals surface area contributed by atoms with E-state index >= 15 is 0 Å². The Balaban J connectivity index is 2.04. The fourth-order valence-electron chi connectivity index (χ4n) is 2.33. The van der Waals surface area contributed by atoms with Gasteiger partial charge in [0.05, 0.1) is 12.8 Å². The quantitative estimate of drug-likeness (QED) is 0.253. The molecule has 0 amide bonds. The minimum Gasteiger partial charge on any atom is -0.493 e. The molecule has 1 aromatic carbocycles. The molecule has 0 aliphatic rings. The lowest BCUT2D eigenvalue weighted by Crippen LogP contribution is -2.28. The molecule has 150 valence electrons. The van der Waals surface area contributed by atoms with Crippen LogP contribution in [0.25, 0.3) is 16.9 Å². The largest absolute Gasteiger partial charge is 0.534 e. The van der Waals surface area contributed by atoms with Gasteiger partial charge in [-0.25, -0.2) is 9.97 Å². The summed E-state index contributed by atoms with van der Waals surface area (Å²) in [5, 5.41) is 0.687. The van der Waals surface area contributed by atoms with Crippen molar-refractivity contribution in [3.63, 3.8) is 0 Å². The Morgan fingerprint density at radius 1 is 1.21 bits per heavy atom. The Bertz CT molecular complexity index is 1110. The molecule has 3 rings (SSSR count). The minimum atomic E-state index is -5.81. The normalized spacial score (nSPS) is 12.3. The lowest BCUT2D eigenvalue weighted by molar-refractivity contribution is -0.0500. The standard InChI is InChI=1S/C16H14F3N3O4S2/c1-3-27-15-21-11(9-14-20-6-7-22(14)15)10-4-5-12(13(8-10)25-2)26-28(23,24)16(17,18)19/h4-9H,3H2,1-2H3. The van der Waals surface area contributed by atoms with Crippen molar-refractivity contribution in [2.24, 2.45) is 0 Å². The van der Waals surface area contributed by atoms with E-state index < -0.39 is 21.4 Å². The van der Waals surface area contributed by atoms with Crippen LogP contribution in [0, 0.1) is 0 Å². The van der Waals surface area contributed by atoms with Crippen molar-refractivity contribution in [3.8, 4) is 22.8 Å². The summed E-state index contributed by atoms with van der Waals surface area (Å²) in [6.07, 6.45) is 3.39. The Morgan fingerprint density at radius 2 is 1.96 bits per heavy atom. The first-order valence-corrected chi connectivity index (χ1v) is 10.2. The van der Waals surface area contributed by atoms with Crippen LogP contribution in [-0.2, 0) is 10.1 Å². The third-order valence-electron chi connectivity index (χ3n) is 3.57. The summed E-state index contributed by atoms with van der Waals surface area (Å²) in [7, 11) is -4.62. The molecule has 0 N–H and O–H groups in total. The SMILES string of the molecule is CCSc1nc(-c2ccc(OS(=O)(=O)C(F)(F)F)c(OC)c2)cc2nccn12. The zero-order chi connectivity index (χ0) is 20.5. The number of thioether (sulfide) groups is 1. The van der Waals surface area contributed by atoms with Crippen molar-refractivity contribution < 1.29 is 30.5 Å². The molecule has 28 heavy (non-hydrogen) atoms. The Hall–Kier alpha value is -2.47. The van der Waals surface area contributed by atoms with Gasteiger partial charge in [0.2, 0.25) is 0 Å². The molecule has 7 nitrogen and oxygen atoms in total. The summed E-state index contributed by atoms with van der Waals surface area (Å²) >= 11 is 1.49. The fraction of sp³-hybridized carbons (Fsp3) is 0.250. The van der Waals surface area contributed by atoms with Gasteiger partial charge in [-0.1, -0.05) is 18.7 Å². The van der Waals surface area contributed by atoms with Gasteiger partial charge in [-0.05, 0) is 24.0 Å². The maximum absolute atomic E-state index is 12.6. The third-order valence-corrected chi connectivity index (χ3v) is 5.37. The summed E-state index contributed by atoms with van der Waals surface area (Å²) in [6.45, 7) is 1.97.